The van der Waals surface area contributed by atoms with E-state index < -0.39 is 10.8 Å². The first kappa shape index (κ1) is 96.1. The van der Waals surface area contributed by atoms with E-state index in [0.29, 0.717) is 0 Å². The van der Waals surface area contributed by atoms with Crippen molar-refractivity contribution in [2.75, 3.05) is 0 Å². The van der Waals surface area contributed by atoms with Gasteiger partial charge >= 0.3 is 84.3 Å². The Morgan fingerprint density at radius 2 is 0.462 bits per heavy atom. The van der Waals surface area contributed by atoms with E-state index >= 15 is 0 Å². The second-order valence-electron chi connectivity index (χ2n) is 38.5. The maximum Gasteiger partial charge on any atom is 2.00 e. The van der Waals surface area contributed by atoms with Crippen molar-refractivity contribution in [3.63, 3.8) is 0 Å². The normalized spacial score (nSPS) is 15.4. The monoisotopic (exact) mass is 2490 g/mol. The topological polar surface area (TPSA) is 133 Å². The van der Waals surface area contributed by atoms with Gasteiger partial charge in [-0.3, -0.25) is 39.9 Å². The summed E-state index contributed by atoms with van der Waals surface area (Å²) in [4.78, 5) is 40.7. The van der Waals surface area contributed by atoms with Crippen LogP contribution in [0.1, 0.15) is 201 Å². The van der Waals surface area contributed by atoms with Crippen LogP contribution in [0.3, 0.4) is 0 Å². The molecule has 18 aromatic rings. The maximum absolute atomic E-state index is 5.27. The second kappa shape index (κ2) is 36.4. The van der Waals surface area contributed by atoms with E-state index in [1.54, 1.807) is 22.7 Å². The summed E-state index contributed by atoms with van der Waals surface area (Å²) in [5.41, 5.74) is 24.5. The molecular weight excluding hydrogens is 2390 g/mol. The van der Waals surface area contributed by atoms with Crippen LogP contribution in [-0.2, 0) is 156 Å². The first-order chi connectivity index (χ1) is 61.0. The molecule has 20 heteroatoms. The number of thiazole rings is 2. The van der Waals surface area contributed by atoms with E-state index in [1.165, 1.54) is 0 Å². The Labute approximate surface area is 842 Å². The van der Waals surface area contributed by atoms with Gasteiger partial charge in [-0.2, -0.15) is 22.7 Å². The summed E-state index contributed by atoms with van der Waals surface area (Å²) in [7, 11) is 8.22. The number of hydrogen-bond donors (Lipinski definition) is 0. The van der Waals surface area contributed by atoms with Crippen LogP contribution in [0.5, 0.6) is 0 Å². The van der Waals surface area contributed by atoms with Gasteiger partial charge in [-0.05, 0) is 30.5 Å². The number of imidazole rings is 6. The fraction of sp³-hybridized carbons (Fsp3) is 0.250. The molecule has 32 bridgehead atoms. The summed E-state index contributed by atoms with van der Waals surface area (Å²) in [5, 5.41) is 6.35. The summed E-state index contributed by atoms with van der Waals surface area (Å²) >= 11 is 3.37. The van der Waals surface area contributed by atoms with Gasteiger partial charge in [0.2, 0.25) is 0 Å². The Balaban J connectivity index is 0.000000135. The minimum Gasteiger partial charge on any atom is -0.373 e. The fourth-order valence-corrected chi connectivity index (χ4v) is 19.7. The number of fused-ring (bicyclic) bond motifs is 40. The van der Waals surface area contributed by atoms with Gasteiger partial charge in [0.05, 0.1) is 57.6 Å². The molecule has 672 valence electrons. The summed E-state index contributed by atoms with van der Waals surface area (Å²) in [5.74, 6) is 5.51. The molecule has 0 radical (unpaired) electrons. The quantitative estimate of drug-likeness (QED) is 0.156. The molecule has 0 aliphatic carbocycles. The molecule has 0 unspecified atom stereocenters. The average molecular weight is 2490 g/mol. The molecule has 14 nitrogen and oxygen atoms in total. The molecular formula is C112H102N14Pt4S2. The minimum absolute atomic E-state index is 0. The number of para-hydroxylation sites is 2. The van der Waals surface area contributed by atoms with Crippen molar-refractivity contribution < 1.29 is 84.3 Å². The third kappa shape index (κ3) is 17.3. The van der Waals surface area contributed by atoms with Crippen LogP contribution in [0.2, 0.25) is 0 Å². The van der Waals surface area contributed by atoms with Crippen molar-refractivity contribution in [2.45, 2.75) is 154 Å². The standard InChI is InChI=1S/C36H30N4.2C26H26N4.C24H20N2S2.4Pt/c1-35(2)27-15-11-13-25(21-27)34-38-32(24-40(34)30-19-9-6-10-20-30)36(3,4)28-16-12-14-26(22-28)33-37-31(35)23-39(33)29-17-7-5-8-18-29;1-25(2)19-11-7-9-17(13-19)24-28-22(16-30(24)6)26(3,4)20-12-8-10-18(14-20)23-27-21(25)15-29(23)5;1-25(2)19-11-7-9-17(13-19)21-15-30(6)24(27-21)26(3,4)20-12-8-10-18(14-20)23-28-22(25)16-29(23)5;1-23(2)17-9-5-7-15(11-17)22-26-20(14-28-22)24(3,4)18-10-6-8-16(12-18)21-25-19(23)13-27-21;;;;/h5-20,23-24H,1-4H3;2*7-12,15-16H,1-6H3;5-10,13-14H,1-4H3;;;;/q4*-2;4*+2. The Hall–Kier alpha value is -10.5. The molecule has 8 aromatic heterocycles. The molecule has 0 amide bonds. The predicted molar refractivity (Wildman–Crippen MR) is 515 cm³/mol. The molecule has 0 saturated carbocycles. The molecule has 4 aliphatic heterocycles. The SMILES string of the molecule is CC1(C)c2[c-]c(ccc2)-c2nc(cn2-c2ccccc2)C(C)(C)c2[c-]c(ccc2)-c2nc1cn2-c1ccccc1.CC1(C)c2[c-]c(ccc2)-c2nc(cs2)C(C)(C)c2[c-]c(ccc2)-c2nc1cs2.Cn1cc2nc1-c1[c-]c(ccc1)C(C)(C)c1cn(C)c(n1)-c1[c-]c(ccc1)C2(C)C.Cn1cc2nc1-c1[c-]c(ccc1)C(C)(C)c1nc(cn1C)-c1[c-]c(ccc1)C2(C)C.[Pt+2].[Pt+2].[Pt+2].[Pt+2]. The molecule has 132 heavy (non-hydrogen) atoms. The van der Waals surface area contributed by atoms with Gasteiger partial charge in [-0.25, -0.2) is 0 Å². The first-order valence-electron chi connectivity index (χ1n) is 43.7. The van der Waals surface area contributed by atoms with E-state index in [1.807, 2.05) is 12.1 Å². The second-order valence-corrected chi connectivity index (χ2v) is 40.2. The van der Waals surface area contributed by atoms with E-state index in [4.69, 9.17) is 39.9 Å². The Bertz CT molecular complexity index is 6970. The van der Waals surface area contributed by atoms with Crippen LogP contribution < -0.4 is 0 Å². The van der Waals surface area contributed by atoms with Crippen molar-refractivity contribution in [1.82, 2.24) is 67.3 Å². The smallest absolute Gasteiger partial charge is 0.373 e. The number of hydrogen-bond acceptors (Lipinski definition) is 10. The summed E-state index contributed by atoms with van der Waals surface area (Å²) < 4.78 is 12.8. The van der Waals surface area contributed by atoms with Crippen LogP contribution in [0.25, 0.3) is 101 Å². The van der Waals surface area contributed by atoms with Crippen LogP contribution >= 0.6 is 22.7 Å². The zero-order chi connectivity index (χ0) is 89.5. The molecule has 10 aromatic carbocycles. The van der Waals surface area contributed by atoms with Gasteiger partial charge in [0, 0.05) is 152 Å². The Kier molecular flexibility index (Phi) is 26.5. The van der Waals surface area contributed by atoms with Gasteiger partial charge < -0.3 is 27.4 Å². The Morgan fingerprint density at radius 1 is 0.220 bits per heavy atom. The molecule has 12 heterocycles. The van der Waals surface area contributed by atoms with Gasteiger partial charge in [0.1, 0.15) is 5.82 Å². The number of aryl methyl sites for hydroxylation is 4. The van der Waals surface area contributed by atoms with Crippen molar-refractivity contribution in [2.24, 2.45) is 28.2 Å². The van der Waals surface area contributed by atoms with Gasteiger partial charge in [0.15, 0.2) is 0 Å². The van der Waals surface area contributed by atoms with Crippen molar-refractivity contribution >= 4 is 22.7 Å². The molecule has 0 N–H and O–H groups in total. The number of benzene rings is 10. The van der Waals surface area contributed by atoms with Crippen LogP contribution in [-0.4, -0.2) is 67.3 Å². The molecule has 0 saturated heterocycles. The van der Waals surface area contributed by atoms with E-state index in [9.17, 15) is 0 Å². The number of aromatic nitrogens is 14. The first-order valence-corrected chi connectivity index (χ1v) is 45.4. The summed E-state index contributed by atoms with van der Waals surface area (Å²) in [6.45, 7) is 35.3. The predicted octanol–water partition coefficient (Wildman–Crippen LogP) is 24.6. The zero-order valence-electron chi connectivity index (χ0n) is 77.6. The maximum atomic E-state index is 5.27. The zero-order valence-corrected chi connectivity index (χ0v) is 88.3. The minimum atomic E-state index is -0.404. The third-order valence-corrected chi connectivity index (χ3v) is 28.5. The molecule has 0 atom stereocenters. The summed E-state index contributed by atoms with van der Waals surface area (Å²) in [6, 6.07) is 101. The van der Waals surface area contributed by atoms with Crippen LogP contribution in [0.4, 0.5) is 0 Å². The summed E-state index contributed by atoms with van der Waals surface area (Å²) in [6.07, 6.45) is 12.8. The number of rotatable bonds is 2. The van der Waals surface area contributed by atoms with E-state index in [2.05, 4.69) is 457 Å². The molecule has 0 spiro atoms. The van der Waals surface area contributed by atoms with Crippen molar-refractivity contribution in [1.29, 1.82) is 0 Å². The molecule has 0 fully saturated rings. The van der Waals surface area contributed by atoms with Crippen LogP contribution in [0, 0.1) is 48.5 Å². The van der Waals surface area contributed by atoms with Gasteiger partial charge in [-0.15, -0.1) is 283 Å². The van der Waals surface area contributed by atoms with Crippen LogP contribution in [0.15, 0.2) is 254 Å². The largest absolute Gasteiger partial charge is 2.00 e. The molecule has 4 aliphatic rings. The van der Waals surface area contributed by atoms with Gasteiger partial charge in [-0.1, -0.05) is 147 Å². The van der Waals surface area contributed by atoms with Crippen molar-refractivity contribution in [3.8, 4) is 101 Å². The number of nitrogens with zero attached hydrogens (tertiary/aromatic N) is 14. The van der Waals surface area contributed by atoms with Gasteiger partial charge in [0.25, 0.3) is 0 Å². The van der Waals surface area contributed by atoms with E-state index in [-0.39, 0.29) is 117 Å². The molecule has 22 rings (SSSR count). The fourth-order valence-electron chi connectivity index (χ4n) is 17.7. The van der Waals surface area contributed by atoms with Crippen molar-refractivity contribution in [3.05, 3.63) is 393 Å². The average Bonchev–Trinajstić information content (AvgIpc) is 1.61. The Morgan fingerprint density at radius 3 is 0.773 bits per heavy atom. The van der Waals surface area contributed by atoms with E-state index in [0.717, 1.165) is 191 Å². The third-order valence-electron chi connectivity index (χ3n) is 26.7.